The molecule has 0 saturated carbocycles. The lowest BCUT2D eigenvalue weighted by Crippen LogP contribution is -2.60. The maximum atomic E-state index is 12.9. The molecule has 2 aromatic rings. The predicted molar refractivity (Wildman–Crippen MR) is 106 cm³/mol. The normalized spacial score (nSPS) is 18.1. The molecule has 1 saturated heterocycles. The van der Waals surface area contributed by atoms with Crippen LogP contribution in [-0.2, 0) is 17.5 Å². The zero-order valence-corrected chi connectivity index (χ0v) is 17.5. The average molecular weight is 445 g/mol. The number of aromatic nitrogens is 1. The quantitative estimate of drug-likeness (QED) is 0.769. The van der Waals surface area contributed by atoms with Crippen LogP contribution in [0.15, 0.2) is 23.0 Å². The molecule has 0 aliphatic carbocycles. The van der Waals surface area contributed by atoms with E-state index in [0.717, 1.165) is 33.7 Å². The molecule has 0 radical (unpaired) electrons. The van der Waals surface area contributed by atoms with Crippen LogP contribution in [0.2, 0.25) is 0 Å². The number of hydrogen-bond donors (Lipinski definition) is 1. The third-order valence-corrected chi connectivity index (χ3v) is 6.28. The third-order valence-electron chi connectivity index (χ3n) is 5.23. The Kier molecular flexibility index (Phi) is 5.61. The van der Waals surface area contributed by atoms with E-state index in [4.69, 9.17) is 0 Å². The first kappa shape index (κ1) is 22.1. The SMILES string of the molecule is CC(C)(C)C1CN(C(=O)Cn2sc3cc(C(F)(F)F)ccc3c2=O)CCN1C(=O)O. The molecule has 0 spiro atoms. The number of piperazine rings is 1. The summed E-state index contributed by atoms with van der Waals surface area (Å²) >= 11 is 0.810. The molecular weight excluding hydrogens is 423 g/mol. The second-order valence-electron chi connectivity index (χ2n) is 8.34. The van der Waals surface area contributed by atoms with Crippen LogP contribution in [0.25, 0.3) is 10.1 Å². The summed E-state index contributed by atoms with van der Waals surface area (Å²) in [4.78, 5) is 39.6. The molecule has 7 nitrogen and oxygen atoms in total. The van der Waals surface area contributed by atoms with Gasteiger partial charge >= 0.3 is 12.3 Å². The van der Waals surface area contributed by atoms with Crippen molar-refractivity contribution in [2.45, 2.75) is 39.5 Å². The fraction of sp³-hybridized carbons (Fsp3) is 0.526. The largest absolute Gasteiger partial charge is 0.465 e. The van der Waals surface area contributed by atoms with Crippen molar-refractivity contribution in [3.63, 3.8) is 0 Å². The fourth-order valence-corrected chi connectivity index (χ4v) is 4.58. The molecule has 1 N–H and O–H groups in total. The smallest absolute Gasteiger partial charge is 0.416 e. The van der Waals surface area contributed by atoms with Gasteiger partial charge in [0, 0.05) is 19.6 Å². The molecule has 2 heterocycles. The van der Waals surface area contributed by atoms with E-state index >= 15 is 0 Å². The topological polar surface area (TPSA) is 82.9 Å². The summed E-state index contributed by atoms with van der Waals surface area (Å²) in [6, 6.07) is 2.46. The zero-order valence-electron chi connectivity index (χ0n) is 16.7. The van der Waals surface area contributed by atoms with Gasteiger partial charge in [0.1, 0.15) is 6.54 Å². The Balaban J connectivity index is 1.82. The van der Waals surface area contributed by atoms with E-state index in [1.165, 1.54) is 9.80 Å². The number of halogens is 3. The van der Waals surface area contributed by atoms with Gasteiger partial charge < -0.3 is 14.9 Å². The minimum absolute atomic E-state index is 0.129. The molecule has 2 amide bonds. The molecular formula is C19H22F3N3O4S. The number of fused-ring (bicyclic) bond motifs is 1. The van der Waals surface area contributed by atoms with Gasteiger partial charge in [0.25, 0.3) is 5.56 Å². The van der Waals surface area contributed by atoms with Crippen LogP contribution in [0.4, 0.5) is 18.0 Å². The molecule has 30 heavy (non-hydrogen) atoms. The summed E-state index contributed by atoms with van der Waals surface area (Å²) in [5, 5.41) is 9.56. The highest BCUT2D eigenvalue weighted by atomic mass is 32.1. The van der Waals surface area contributed by atoms with Crippen molar-refractivity contribution >= 4 is 33.6 Å². The molecule has 1 aromatic heterocycles. The van der Waals surface area contributed by atoms with E-state index in [2.05, 4.69) is 0 Å². The first-order valence-electron chi connectivity index (χ1n) is 9.27. The van der Waals surface area contributed by atoms with Crippen molar-refractivity contribution < 1.29 is 27.9 Å². The minimum atomic E-state index is -4.52. The van der Waals surface area contributed by atoms with E-state index in [1.807, 2.05) is 20.8 Å². The Bertz CT molecular complexity index is 1040. The number of hydrogen-bond acceptors (Lipinski definition) is 4. The number of nitrogens with zero attached hydrogens (tertiary/aromatic N) is 3. The molecule has 3 rings (SSSR count). The van der Waals surface area contributed by atoms with Gasteiger partial charge in [0.2, 0.25) is 5.91 Å². The lowest BCUT2D eigenvalue weighted by Gasteiger charge is -2.45. The Morgan fingerprint density at radius 3 is 2.43 bits per heavy atom. The van der Waals surface area contributed by atoms with Crippen LogP contribution in [0.1, 0.15) is 26.3 Å². The highest BCUT2D eigenvalue weighted by molar-refractivity contribution is 7.13. The maximum absolute atomic E-state index is 12.9. The molecule has 11 heteroatoms. The number of carbonyl (C=O) groups is 2. The zero-order chi connectivity index (χ0) is 22.4. The second-order valence-corrected chi connectivity index (χ2v) is 9.40. The van der Waals surface area contributed by atoms with E-state index in [-0.39, 0.29) is 42.2 Å². The van der Waals surface area contributed by atoms with Gasteiger partial charge in [-0.2, -0.15) is 13.2 Å². The number of alkyl halides is 3. The standard InChI is InChI=1S/C19H22F3N3O4S/c1-18(2,3)14-9-23(6-7-24(14)17(28)29)15(26)10-25-16(27)12-5-4-11(19(20,21)22)8-13(12)30-25/h4-5,8,14H,6-7,9-10H2,1-3H3,(H,28,29). The van der Waals surface area contributed by atoms with Crippen molar-refractivity contribution in [2.75, 3.05) is 19.6 Å². The molecule has 164 valence electrons. The van der Waals surface area contributed by atoms with Gasteiger partial charge in [-0.25, -0.2) is 4.79 Å². The van der Waals surface area contributed by atoms with Crippen LogP contribution in [0.5, 0.6) is 0 Å². The van der Waals surface area contributed by atoms with E-state index in [0.29, 0.717) is 0 Å². The number of carboxylic acid groups (broad SMARTS) is 1. The summed E-state index contributed by atoms with van der Waals surface area (Å²) in [5.41, 5.74) is -1.78. The van der Waals surface area contributed by atoms with Gasteiger partial charge in [-0.1, -0.05) is 32.3 Å². The van der Waals surface area contributed by atoms with Crippen LogP contribution < -0.4 is 5.56 Å². The summed E-state index contributed by atoms with van der Waals surface area (Å²) in [6.45, 7) is 5.88. The molecule has 1 fully saturated rings. The molecule has 1 unspecified atom stereocenters. The van der Waals surface area contributed by atoms with Crippen molar-refractivity contribution in [1.82, 2.24) is 13.8 Å². The number of benzene rings is 1. The van der Waals surface area contributed by atoms with Crippen molar-refractivity contribution in [3.8, 4) is 0 Å². The number of amides is 2. The monoisotopic (exact) mass is 445 g/mol. The van der Waals surface area contributed by atoms with Gasteiger partial charge in [-0.3, -0.25) is 13.5 Å². The Labute approximate surface area is 174 Å². The summed E-state index contributed by atoms with van der Waals surface area (Å²) in [7, 11) is 0. The van der Waals surface area contributed by atoms with E-state index in [9.17, 15) is 32.7 Å². The molecule has 1 aliphatic heterocycles. The first-order valence-corrected chi connectivity index (χ1v) is 10.0. The van der Waals surface area contributed by atoms with E-state index < -0.39 is 34.8 Å². The van der Waals surface area contributed by atoms with Gasteiger partial charge in [-0.05, 0) is 23.6 Å². The molecule has 1 aliphatic rings. The minimum Gasteiger partial charge on any atom is -0.465 e. The van der Waals surface area contributed by atoms with Crippen LogP contribution >= 0.6 is 11.5 Å². The van der Waals surface area contributed by atoms with Gasteiger partial charge in [-0.15, -0.1) is 0 Å². The summed E-state index contributed by atoms with van der Waals surface area (Å²) in [6.07, 6.45) is -5.57. The Hall–Kier alpha value is -2.56. The Morgan fingerprint density at radius 2 is 1.87 bits per heavy atom. The molecule has 1 aromatic carbocycles. The number of carbonyl (C=O) groups excluding carboxylic acids is 1. The van der Waals surface area contributed by atoms with Gasteiger partial charge in [0.15, 0.2) is 0 Å². The fourth-order valence-electron chi connectivity index (χ4n) is 3.55. The van der Waals surface area contributed by atoms with Crippen LogP contribution in [0, 0.1) is 5.41 Å². The summed E-state index contributed by atoms with van der Waals surface area (Å²) in [5.74, 6) is -0.376. The van der Waals surface area contributed by atoms with Crippen LogP contribution in [0.3, 0.4) is 0 Å². The lowest BCUT2D eigenvalue weighted by atomic mass is 9.84. The molecule has 1 atom stereocenters. The highest BCUT2D eigenvalue weighted by Crippen LogP contribution is 2.32. The average Bonchev–Trinajstić information content (AvgIpc) is 2.94. The van der Waals surface area contributed by atoms with E-state index in [1.54, 1.807) is 0 Å². The lowest BCUT2D eigenvalue weighted by molar-refractivity contribution is -0.137. The van der Waals surface area contributed by atoms with Crippen LogP contribution in [-0.4, -0.2) is 56.5 Å². The predicted octanol–water partition coefficient (Wildman–Crippen LogP) is 3.32. The van der Waals surface area contributed by atoms with Crippen molar-refractivity contribution in [3.05, 3.63) is 34.1 Å². The van der Waals surface area contributed by atoms with Crippen molar-refractivity contribution in [2.24, 2.45) is 5.41 Å². The second kappa shape index (κ2) is 7.60. The third kappa shape index (κ3) is 4.30. The number of rotatable bonds is 2. The Morgan fingerprint density at radius 1 is 1.20 bits per heavy atom. The summed E-state index contributed by atoms with van der Waals surface area (Å²) < 4.78 is 40.0. The van der Waals surface area contributed by atoms with Gasteiger partial charge in [0.05, 0.1) is 21.7 Å². The highest BCUT2D eigenvalue weighted by Gasteiger charge is 2.39. The maximum Gasteiger partial charge on any atom is 0.416 e. The van der Waals surface area contributed by atoms with Crippen molar-refractivity contribution in [1.29, 1.82) is 0 Å². The molecule has 0 bridgehead atoms. The first-order chi connectivity index (χ1) is 13.8.